The molecule has 0 spiro atoms. The first kappa shape index (κ1) is 8.47. The monoisotopic (exact) mass is 187 g/mol. The summed E-state index contributed by atoms with van der Waals surface area (Å²) >= 11 is 0. The average Bonchev–Trinajstić information content (AvgIpc) is 2.47. The van der Waals surface area contributed by atoms with E-state index in [4.69, 9.17) is 0 Å². The molecule has 1 N–H and O–H groups in total. The molecule has 72 valence electrons. The van der Waals surface area contributed by atoms with Crippen LogP contribution in [0, 0.1) is 0 Å². The van der Waals surface area contributed by atoms with Gasteiger partial charge in [-0.25, -0.2) is 8.78 Å². The lowest BCUT2D eigenvalue weighted by molar-refractivity contribution is -0.106. The van der Waals surface area contributed by atoms with Gasteiger partial charge in [0, 0.05) is 26.1 Å². The maximum absolute atomic E-state index is 12.5. The highest BCUT2D eigenvalue weighted by Gasteiger charge is 2.46. The second kappa shape index (κ2) is 2.68. The molecule has 0 aliphatic heterocycles. The number of anilines is 1. The van der Waals surface area contributed by atoms with Crippen LogP contribution in [0.1, 0.15) is 18.9 Å². The summed E-state index contributed by atoms with van der Waals surface area (Å²) in [5, 5.41) is 6.90. The molecule has 0 amide bonds. The summed E-state index contributed by atoms with van der Waals surface area (Å²) in [5.41, 5.74) is 0.857. The maximum atomic E-state index is 12.5. The summed E-state index contributed by atoms with van der Waals surface area (Å²) in [6, 6.07) is -0.128. The second-order valence-electron chi connectivity index (χ2n) is 3.38. The van der Waals surface area contributed by atoms with E-state index in [-0.39, 0.29) is 18.9 Å². The number of aromatic nitrogens is 2. The van der Waals surface area contributed by atoms with Crippen molar-refractivity contribution in [1.29, 1.82) is 0 Å². The summed E-state index contributed by atoms with van der Waals surface area (Å²) in [6.45, 7) is 0. The van der Waals surface area contributed by atoms with Gasteiger partial charge in [0.15, 0.2) is 0 Å². The molecule has 3 nitrogen and oxygen atoms in total. The number of alkyl halides is 2. The Morgan fingerprint density at radius 1 is 1.62 bits per heavy atom. The molecule has 1 fully saturated rings. The average molecular weight is 187 g/mol. The van der Waals surface area contributed by atoms with Crippen LogP contribution in [0.2, 0.25) is 0 Å². The fourth-order valence-electron chi connectivity index (χ4n) is 1.48. The van der Waals surface area contributed by atoms with Gasteiger partial charge in [-0.05, 0) is 0 Å². The van der Waals surface area contributed by atoms with Crippen LogP contribution >= 0.6 is 0 Å². The third-order valence-corrected chi connectivity index (χ3v) is 2.33. The van der Waals surface area contributed by atoms with Gasteiger partial charge in [-0.3, -0.25) is 4.68 Å². The molecule has 2 rings (SSSR count). The molecule has 0 radical (unpaired) electrons. The highest BCUT2D eigenvalue weighted by molar-refractivity contribution is 5.37. The molecule has 1 aliphatic carbocycles. The predicted molar refractivity (Wildman–Crippen MR) is 45.0 cm³/mol. The zero-order valence-electron chi connectivity index (χ0n) is 7.30. The summed E-state index contributed by atoms with van der Waals surface area (Å²) in [7, 11) is 1.77. The second-order valence-corrected chi connectivity index (χ2v) is 3.38. The molecule has 1 aliphatic rings. The Hall–Kier alpha value is -1.13. The first-order valence-corrected chi connectivity index (χ1v) is 4.20. The number of rotatable bonds is 2. The van der Waals surface area contributed by atoms with Crippen molar-refractivity contribution in [3.8, 4) is 0 Å². The van der Waals surface area contributed by atoms with Crippen LogP contribution in [0.25, 0.3) is 0 Å². The highest BCUT2D eigenvalue weighted by Crippen LogP contribution is 2.45. The summed E-state index contributed by atoms with van der Waals surface area (Å²) < 4.78 is 26.6. The standard InChI is InChI=1S/C8H11F2N3/c1-11-6-4-12-13(5-6)7-2-8(9,10)3-7/h4-5,7,11H,2-3H2,1H3. The first-order valence-electron chi connectivity index (χ1n) is 4.20. The third kappa shape index (κ3) is 1.50. The number of hydrogen-bond acceptors (Lipinski definition) is 2. The highest BCUT2D eigenvalue weighted by atomic mass is 19.3. The number of nitrogens with one attached hydrogen (secondary N) is 1. The Balaban J connectivity index is 2.03. The van der Waals surface area contributed by atoms with Gasteiger partial charge in [-0.15, -0.1) is 0 Å². The van der Waals surface area contributed by atoms with E-state index in [0.29, 0.717) is 0 Å². The van der Waals surface area contributed by atoms with Gasteiger partial charge in [-0.1, -0.05) is 0 Å². The third-order valence-electron chi connectivity index (χ3n) is 2.33. The van der Waals surface area contributed by atoms with Gasteiger partial charge in [-0.2, -0.15) is 5.10 Å². The predicted octanol–water partition coefficient (Wildman–Crippen LogP) is 1.89. The van der Waals surface area contributed by atoms with E-state index in [0.717, 1.165) is 5.69 Å². The van der Waals surface area contributed by atoms with E-state index in [9.17, 15) is 8.78 Å². The minimum absolute atomic E-state index is 0.0855. The lowest BCUT2D eigenvalue weighted by atomic mass is 9.88. The van der Waals surface area contributed by atoms with Gasteiger partial charge in [0.1, 0.15) is 0 Å². The fourth-order valence-corrected chi connectivity index (χ4v) is 1.48. The number of nitrogens with zero attached hydrogens (tertiary/aromatic N) is 2. The van der Waals surface area contributed by atoms with Crippen molar-refractivity contribution in [3.05, 3.63) is 12.4 Å². The molecule has 1 heterocycles. The van der Waals surface area contributed by atoms with E-state index in [1.807, 2.05) is 0 Å². The zero-order valence-corrected chi connectivity index (χ0v) is 7.30. The zero-order chi connectivity index (χ0) is 9.47. The Bertz CT molecular complexity index is 300. The van der Waals surface area contributed by atoms with Crippen LogP contribution in [-0.4, -0.2) is 22.8 Å². The van der Waals surface area contributed by atoms with Crippen molar-refractivity contribution >= 4 is 5.69 Å². The Morgan fingerprint density at radius 2 is 2.31 bits per heavy atom. The van der Waals surface area contributed by atoms with Crippen molar-refractivity contribution in [2.45, 2.75) is 24.8 Å². The molecule has 5 heteroatoms. The lowest BCUT2D eigenvalue weighted by Crippen LogP contribution is -2.37. The molecule has 0 unspecified atom stereocenters. The SMILES string of the molecule is CNc1cnn(C2CC(F)(F)C2)c1. The van der Waals surface area contributed by atoms with Crippen LogP contribution in [-0.2, 0) is 0 Å². The minimum Gasteiger partial charge on any atom is -0.386 e. The molecule has 0 aromatic carbocycles. The summed E-state index contributed by atoms with van der Waals surface area (Å²) in [5.74, 6) is -2.48. The fraction of sp³-hybridized carbons (Fsp3) is 0.625. The quantitative estimate of drug-likeness (QED) is 0.766. The van der Waals surface area contributed by atoms with Gasteiger partial charge < -0.3 is 5.32 Å². The van der Waals surface area contributed by atoms with Crippen LogP contribution < -0.4 is 5.32 Å². The van der Waals surface area contributed by atoms with Crippen LogP contribution in [0.4, 0.5) is 14.5 Å². The van der Waals surface area contributed by atoms with Crippen molar-refractivity contribution in [3.63, 3.8) is 0 Å². The number of hydrogen-bond donors (Lipinski definition) is 1. The maximum Gasteiger partial charge on any atom is 0.252 e. The van der Waals surface area contributed by atoms with Gasteiger partial charge in [0.05, 0.1) is 17.9 Å². The minimum atomic E-state index is -2.48. The van der Waals surface area contributed by atoms with Gasteiger partial charge >= 0.3 is 0 Å². The van der Waals surface area contributed by atoms with E-state index in [2.05, 4.69) is 10.4 Å². The first-order chi connectivity index (χ1) is 6.11. The Labute approximate surface area is 74.7 Å². The Kier molecular flexibility index (Phi) is 1.75. The molecular weight excluding hydrogens is 176 g/mol. The van der Waals surface area contributed by atoms with Crippen LogP contribution in [0.5, 0.6) is 0 Å². The largest absolute Gasteiger partial charge is 0.386 e. The normalized spacial score (nSPS) is 21.2. The lowest BCUT2D eigenvalue weighted by Gasteiger charge is -2.34. The van der Waals surface area contributed by atoms with Crippen LogP contribution in [0.15, 0.2) is 12.4 Å². The molecule has 0 saturated heterocycles. The van der Waals surface area contributed by atoms with Gasteiger partial charge in [0.25, 0.3) is 5.92 Å². The molecule has 1 aromatic heterocycles. The Morgan fingerprint density at radius 3 is 2.77 bits per heavy atom. The molecule has 1 saturated carbocycles. The molecule has 1 aromatic rings. The van der Waals surface area contributed by atoms with E-state index >= 15 is 0 Å². The molecule has 0 bridgehead atoms. The van der Waals surface area contributed by atoms with Gasteiger partial charge in [0.2, 0.25) is 0 Å². The van der Waals surface area contributed by atoms with E-state index in [1.54, 1.807) is 24.1 Å². The van der Waals surface area contributed by atoms with Crippen LogP contribution in [0.3, 0.4) is 0 Å². The van der Waals surface area contributed by atoms with Crippen molar-refractivity contribution in [2.24, 2.45) is 0 Å². The summed E-state index contributed by atoms with van der Waals surface area (Å²) in [6.07, 6.45) is 3.21. The van der Waals surface area contributed by atoms with E-state index in [1.165, 1.54) is 0 Å². The number of halogens is 2. The summed E-state index contributed by atoms with van der Waals surface area (Å²) in [4.78, 5) is 0. The van der Waals surface area contributed by atoms with Crippen molar-refractivity contribution in [1.82, 2.24) is 9.78 Å². The smallest absolute Gasteiger partial charge is 0.252 e. The van der Waals surface area contributed by atoms with E-state index < -0.39 is 5.92 Å². The molecule has 13 heavy (non-hydrogen) atoms. The van der Waals surface area contributed by atoms with Crippen molar-refractivity contribution in [2.75, 3.05) is 12.4 Å². The molecular formula is C8H11F2N3. The molecule has 0 atom stereocenters. The van der Waals surface area contributed by atoms with Crippen molar-refractivity contribution < 1.29 is 8.78 Å². The topological polar surface area (TPSA) is 29.9 Å².